The van der Waals surface area contributed by atoms with Crippen LogP contribution in [0.1, 0.15) is 19.8 Å². The normalized spacial score (nSPS) is 16.9. The molecule has 1 aromatic carbocycles. The number of rotatable bonds is 3. The molecule has 1 atom stereocenters. The van der Waals surface area contributed by atoms with Gasteiger partial charge in [-0.05, 0) is 53.9 Å². The Hall–Kier alpha value is -1.000. The van der Waals surface area contributed by atoms with Crippen molar-refractivity contribution in [3.05, 3.63) is 39.8 Å². The van der Waals surface area contributed by atoms with E-state index in [0.717, 1.165) is 30.4 Å². The van der Waals surface area contributed by atoms with E-state index >= 15 is 0 Å². The molecule has 108 valence electrons. The van der Waals surface area contributed by atoms with Gasteiger partial charge in [0.15, 0.2) is 6.10 Å². The summed E-state index contributed by atoms with van der Waals surface area (Å²) >= 11 is 9.27. The Bertz CT molecular complexity index is 523. The van der Waals surface area contributed by atoms with Crippen molar-refractivity contribution in [3.8, 4) is 5.75 Å². The Labute approximate surface area is 132 Å². The third-order valence-corrected chi connectivity index (χ3v) is 4.18. The van der Waals surface area contributed by atoms with E-state index in [-0.39, 0.29) is 5.91 Å². The topological polar surface area (TPSA) is 29.5 Å². The molecule has 1 fully saturated rings. The molecule has 1 aliphatic rings. The van der Waals surface area contributed by atoms with Crippen LogP contribution >= 0.6 is 27.5 Å². The first-order chi connectivity index (χ1) is 9.47. The number of halogens is 2. The summed E-state index contributed by atoms with van der Waals surface area (Å²) in [5.74, 6) is 0.635. The van der Waals surface area contributed by atoms with E-state index in [9.17, 15) is 4.79 Å². The second-order valence-corrected chi connectivity index (χ2v) is 6.20. The molecule has 20 heavy (non-hydrogen) atoms. The van der Waals surface area contributed by atoms with Crippen molar-refractivity contribution < 1.29 is 9.53 Å². The van der Waals surface area contributed by atoms with Crippen molar-refractivity contribution in [2.24, 2.45) is 0 Å². The molecule has 0 saturated carbocycles. The molecular weight excluding hydrogens is 342 g/mol. The fraction of sp³-hybridized carbons (Fsp3) is 0.400. The second kappa shape index (κ2) is 6.64. The lowest BCUT2D eigenvalue weighted by Crippen LogP contribution is -2.43. The Kier molecular flexibility index (Phi) is 5.11. The molecule has 0 radical (unpaired) electrons. The lowest BCUT2D eigenvalue weighted by atomic mass is 10.1. The van der Waals surface area contributed by atoms with Crippen LogP contribution < -0.4 is 4.74 Å². The number of carbonyl (C=O) groups excluding carboxylic acids is 1. The maximum atomic E-state index is 12.3. The molecule has 5 heteroatoms. The fourth-order valence-electron chi connectivity index (χ4n) is 2.11. The third kappa shape index (κ3) is 3.76. The van der Waals surface area contributed by atoms with E-state index < -0.39 is 6.10 Å². The summed E-state index contributed by atoms with van der Waals surface area (Å²) in [6.45, 7) is 7.18. The Balaban J connectivity index is 1.98. The van der Waals surface area contributed by atoms with Crippen LogP contribution in [0.25, 0.3) is 0 Å². The molecule has 1 aromatic rings. The molecule has 1 saturated heterocycles. The van der Waals surface area contributed by atoms with E-state index in [1.54, 1.807) is 25.1 Å². The zero-order chi connectivity index (χ0) is 14.7. The summed E-state index contributed by atoms with van der Waals surface area (Å²) in [6.07, 6.45) is 1.24. The lowest BCUT2D eigenvalue weighted by molar-refractivity contribution is -0.138. The van der Waals surface area contributed by atoms with Crippen molar-refractivity contribution in [1.82, 2.24) is 4.90 Å². The second-order valence-electron chi connectivity index (χ2n) is 4.91. The highest BCUT2D eigenvalue weighted by molar-refractivity contribution is 9.10. The molecular formula is C15H17BrClNO2. The van der Waals surface area contributed by atoms with Crippen LogP contribution in [0.3, 0.4) is 0 Å². The molecule has 1 amide bonds. The highest BCUT2D eigenvalue weighted by Gasteiger charge is 2.24. The molecule has 0 aromatic heterocycles. The van der Waals surface area contributed by atoms with Crippen LogP contribution in [0.5, 0.6) is 5.75 Å². The Morgan fingerprint density at radius 3 is 2.70 bits per heavy atom. The highest BCUT2D eigenvalue weighted by Crippen LogP contribution is 2.29. The van der Waals surface area contributed by atoms with Gasteiger partial charge in [0.25, 0.3) is 5.91 Å². The van der Waals surface area contributed by atoms with Crippen molar-refractivity contribution in [2.45, 2.75) is 25.9 Å². The molecule has 1 unspecified atom stereocenters. The first-order valence-electron chi connectivity index (χ1n) is 6.54. The minimum absolute atomic E-state index is 0.0133. The van der Waals surface area contributed by atoms with Gasteiger partial charge in [-0.15, -0.1) is 0 Å². The predicted molar refractivity (Wildman–Crippen MR) is 84.2 cm³/mol. The van der Waals surface area contributed by atoms with Gasteiger partial charge in [0.2, 0.25) is 0 Å². The van der Waals surface area contributed by atoms with E-state index in [0.29, 0.717) is 10.8 Å². The number of hydrogen-bond donors (Lipinski definition) is 0. The van der Waals surface area contributed by atoms with Gasteiger partial charge in [-0.3, -0.25) is 4.79 Å². The van der Waals surface area contributed by atoms with E-state index in [4.69, 9.17) is 16.3 Å². The summed E-state index contributed by atoms with van der Waals surface area (Å²) in [7, 11) is 0. The van der Waals surface area contributed by atoms with E-state index in [2.05, 4.69) is 22.5 Å². The van der Waals surface area contributed by atoms with E-state index in [1.807, 2.05) is 4.90 Å². The molecule has 0 N–H and O–H groups in total. The predicted octanol–water partition coefficient (Wildman–Crippen LogP) is 4.05. The van der Waals surface area contributed by atoms with Gasteiger partial charge < -0.3 is 9.64 Å². The zero-order valence-electron chi connectivity index (χ0n) is 11.4. The van der Waals surface area contributed by atoms with Crippen LogP contribution in [0.15, 0.2) is 34.8 Å². The number of benzene rings is 1. The van der Waals surface area contributed by atoms with Crippen molar-refractivity contribution in [1.29, 1.82) is 0 Å². The summed E-state index contributed by atoms with van der Waals surface area (Å²) in [5.41, 5.74) is 1.21. The molecule has 1 aliphatic heterocycles. The van der Waals surface area contributed by atoms with Gasteiger partial charge in [0.1, 0.15) is 5.75 Å². The molecule has 2 rings (SSSR count). The van der Waals surface area contributed by atoms with Crippen LogP contribution in [-0.2, 0) is 4.79 Å². The number of amides is 1. The fourth-order valence-corrected chi connectivity index (χ4v) is 2.89. The number of carbonyl (C=O) groups is 1. The molecule has 0 spiro atoms. The van der Waals surface area contributed by atoms with Gasteiger partial charge in [-0.1, -0.05) is 23.8 Å². The smallest absolute Gasteiger partial charge is 0.263 e. The summed E-state index contributed by atoms with van der Waals surface area (Å²) in [4.78, 5) is 14.2. The minimum Gasteiger partial charge on any atom is -0.480 e. The van der Waals surface area contributed by atoms with Crippen molar-refractivity contribution in [2.75, 3.05) is 13.1 Å². The highest BCUT2D eigenvalue weighted by atomic mass is 79.9. The average molecular weight is 359 g/mol. The quantitative estimate of drug-likeness (QED) is 0.763. The number of nitrogens with zero attached hydrogens (tertiary/aromatic N) is 1. The maximum absolute atomic E-state index is 12.3. The number of likely N-dealkylation sites (tertiary alicyclic amines) is 1. The third-order valence-electron chi connectivity index (χ3n) is 3.33. The van der Waals surface area contributed by atoms with Gasteiger partial charge in [0.05, 0.1) is 4.47 Å². The molecule has 3 nitrogen and oxygen atoms in total. The Morgan fingerprint density at radius 1 is 1.45 bits per heavy atom. The first-order valence-corrected chi connectivity index (χ1v) is 7.71. The first kappa shape index (κ1) is 15.4. The lowest BCUT2D eigenvalue weighted by Gasteiger charge is -2.30. The van der Waals surface area contributed by atoms with Crippen molar-refractivity contribution in [3.63, 3.8) is 0 Å². The van der Waals surface area contributed by atoms with Gasteiger partial charge in [-0.25, -0.2) is 0 Å². The summed E-state index contributed by atoms with van der Waals surface area (Å²) in [6, 6.07) is 5.25. The van der Waals surface area contributed by atoms with Gasteiger partial charge in [-0.2, -0.15) is 0 Å². The van der Waals surface area contributed by atoms with Gasteiger partial charge in [0, 0.05) is 18.1 Å². The van der Waals surface area contributed by atoms with E-state index in [1.165, 1.54) is 5.57 Å². The summed E-state index contributed by atoms with van der Waals surface area (Å²) in [5, 5.41) is 0.623. The number of hydrogen-bond acceptors (Lipinski definition) is 2. The van der Waals surface area contributed by atoms with Crippen molar-refractivity contribution >= 4 is 33.4 Å². The molecule has 1 heterocycles. The standard InChI is InChI=1S/C15H17BrClNO2/c1-10-5-7-18(8-6-10)15(19)11(2)20-14-4-3-12(17)9-13(14)16/h3-4,9,11H,1,5-8H2,2H3. The molecule has 0 bridgehead atoms. The van der Waals surface area contributed by atoms with Crippen LogP contribution in [0, 0.1) is 0 Å². The van der Waals surface area contributed by atoms with Gasteiger partial charge >= 0.3 is 0 Å². The Morgan fingerprint density at radius 2 is 2.10 bits per heavy atom. The van der Waals surface area contributed by atoms with Crippen LogP contribution in [0.2, 0.25) is 5.02 Å². The largest absolute Gasteiger partial charge is 0.480 e. The van der Waals surface area contributed by atoms with Crippen LogP contribution in [0.4, 0.5) is 0 Å². The molecule has 0 aliphatic carbocycles. The SMILES string of the molecule is C=C1CCN(C(=O)C(C)Oc2ccc(Cl)cc2Br)CC1. The average Bonchev–Trinajstić information content (AvgIpc) is 2.42. The number of ether oxygens (including phenoxy) is 1. The minimum atomic E-state index is -0.515. The monoisotopic (exact) mass is 357 g/mol. The number of piperidine rings is 1. The van der Waals surface area contributed by atoms with Crippen LogP contribution in [-0.4, -0.2) is 30.0 Å². The maximum Gasteiger partial charge on any atom is 0.263 e. The summed E-state index contributed by atoms with van der Waals surface area (Å²) < 4.78 is 6.47. The zero-order valence-corrected chi connectivity index (χ0v) is 13.7.